The van der Waals surface area contributed by atoms with E-state index in [-0.39, 0.29) is 6.61 Å². The summed E-state index contributed by atoms with van der Waals surface area (Å²) in [6.45, 7) is 0.174. The molecule has 0 saturated heterocycles. The number of benzene rings is 2. The predicted molar refractivity (Wildman–Crippen MR) is 75.0 cm³/mol. The normalized spacial score (nSPS) is 11.4. The van der Waals surface area contributed by atoms with E-state index in [4.69, 9.17) is 4.74 Å². The molecule has 0 fully saturated rings. The molecule has 102 valence electrons. The molecule has 2 aromatic rings. The van der Waals surface area contributed by atoms with Crippen LogP contribution in [0.5, 0.6) is 0 Å². The second kappa shape index (κ2) is 7.09. The maximum absolute atomic E-state index is 11.7. The Bertz CT molecular complexity index is 554. The number of alkyl carbamates (subject to hydrolysis) is 1. The molecule has 2 aromatic carbocycles. The summed E-state index contributed by atoms with van der Waals surface area (Å²) < 4.78 is 5.07. The molecule has 0 aliphatic rings. The molecule has 0 saturated carbocycles. The Hall–Kier alpha value is -2.62. The molecular formula is C16H15NO3. The molecule has 4 heteroatoms. The van der Waals surface area contributed by atoms with Crippen molar-refractivity contribution in [2.45, 2.75) is 12.6 Å². The quantitative estimate of drug-likeness (QED) is 0.849. The molecule has 0 bridgehead atoms. The lowest BCUT2D eigenvalue weighted by molar-refractivity contribution is -0.109. The lowest BCUT2D eigenvalue weighted by Crippen LogP contribution is -2.29. The van der Waals surface area contributed by atoms with E-state index in [9.17, 15) is 9.59 Å². The smallest absolute Gasteiger partial charge is 0.408 e. The summed E-state index contributed by atoms with van der Waals surface area (Å²) in [5, 5.41) is 2.52. The number of rotatable bonds is 5. The summed E-state index contributed by atoms with van der Waals surface area (Å²) in [6, 6.07) is 17.7. The first-order valence-electron chi connectivity index (χ1n) is 6.27. The van der Waals surface area contributed by atoms with Crippen molar-refractivity contribution in [2.24, 2.45) is 0 Å². The Balaban J connectivity index is 1.88. The molecule has 1 N–H and O–H groups in total. The standard InChI is InChI=1S/C16H15NO3/c18-11-15(14-9-5-2-6-10-14)17-16(19)20-12-13-7-3-1-4-8-13/h1-11,15H,12H2,(H,17,19). The van der Waals surface area contributed by atoms with Crippen molar-refractivity contribution >= 4 is 12.4 Å². The third kappa shape index (κ3) is 3.95. The van der Waals surface area contributed by atoms with Crippen LogP contribution in [0.3, 0.4) is 0 Å². The van der Waals surface area contributed by atoms with Crippen molar-refractivity contribution in [3.05, 3.63) is 71.8 Å². The van der Waals surface area contributed by atoms with Crippen LogP contribution in [0.1, 0.15) is 17.2 Å². The van der Waals surface area contributed by atoms with Gasteiger partial charge in [0.2, 0.25) is 0 Å². The van der Waals surface area contributed by atoms with Gasteiger partial charge in [-0.3, -0.25) is 0 Å². The Morgan fingerprint density at radius 1 is 1.05 bits per heavy atom. The van der Waals surface area contributed by atoms with Gasteiger partial charge in [0, 0.05) is 0 Å². The van der Waals surface area contributed by atoms with E-state index in [2.05, 4.69) is 5.32 Å². The van der Waals surface area contributed by atoms with Gasteiger partial charge in [-0.1, -0.05) is 60.7 Å². The van der Waals surface area contributed by atoms with Gasteiger partial charge in [0.1, 0.15) is 18.9 Å². The zero-order chi connectivity index (χ0) is 14.2. The van der Waals surface area contributed by atoms with Crippen LogP contribution in [-0.4, -0.2) is 12.4 Å². The van der Waals surface area contributed by atoms with E-state index in [1.807, 2.05) is 48.5 Å². The highest BCUT2D eigenvalue weighted by molar-refractivity contribution is 5.74. The molecular weight excluding hydrogens is 254 g/mol. The average molecular weight is 269 g/mol. The van der Waals surface area contributed by atoms with Gasteiger partial charge in [-0.15, -0.1) is 0 Å². The predicted octanol–water partition coefficient (Wildman–Crippen LogP) is 2.85. The monoisotopic (exact) mass is 269 g/mol. The van der Waals surface area contributed by atoms with E-state index in [1.165, 1.54) is 0 Å². The largest absolute Gasteiger partial charge is 0.445 e. The zero-order valence-corrected chi connectivity index (χ0v) is 10.9. The number of ether oxygens (including phenoxy) is 1. The van der Waals surface area contributed by atoms with Crippen LogP contribution >= 0.6 is 0 Å². The molecule has 1 atom stereocenters. The number of carbonyl (C=O) groups is 2. The lowest BCUT2D eigenvalue weighted by atomic mass is 10.1. The molecule has 4 nitrogen and oxygen atoms in total. The molecule has 0 aromatic heterocycles. The topological polar surface area (TPSA) is 55.4 Å². The maximum Gasteiger partial charge on any atom is 0.408 e. The van der Waals surface area contributed by atoms with Crippen LogP contribution in [0.4, 0.5) is 4.79 Å². The summed E-state index contributed by atoms with van der Waals surface area (Å²) in [6.07, 6.45) is 0.0638. The minimum absolute atomic E-state index is 0.174. The molecule has 0 aliphatic carbocycles. The first kappa shape index (κ1) is 13.8. The van der Waals surface area contributed by atoms with E-state index in [1.54, 1.807) is 12.1 Å². The van der Waals surface area contributed by atoms with Gasteiger partial charge in [0.05, 0.1) is 0 Å². The van der Waals surface area contributed by atoms with Crippen LogP contribution in [-0.2, 0) is 16.1 Å². The average Bonchev–Trinajstić information content (AvgIpc) is 2.52. The Kier molecular flexibility index (Phi) is 4.89. The molecule has 20 heavy (non-hydrogen) atoms. The Morgan fingerprint density at radius 3 is 2.25 bits per heavy atom. The lowest BCUT2D eigenvalue weighted by Gasteiger charge is -2.13. The summed E-state index contributed by atoms with van der Waals surface area (Å²) in [5.41, 5.74) is 1.61. The van der Waals surface area contributed by atoms with Crippen LogP contribution in [0, 0.1) is 0 Å². The van der Waals surface area contributed by atoms with Gasteiger partial charge in [-0.25, -0.2) is 4.79 Å². The maximum atomic E-state index is 11.7. The van der Waals surface area contributed by atoms with E-state index >= 15 is 0 Å². The summed E-state index contributed by atoms with van der Waals surface area (Å²) in [4.78, 5) is 22.7. The van der Waals surface area contributed by atoms with Gasteiger partial charge >= 0.3 is 6.09 Å². The first-order chi connectivity index (χ1) is 9.79. The molecule has 0 heterocycles. The van der Waals surface area contributed by atoms with Crippen LogP contribution in [0.25, 0.3) is 0 Å². The fourth-order valence-corrected chi connectivity index (χ4v) is 1.75. The van der Waals surface area contributed by atoms with Gasteiger partial charge < -0.3 is 14.8 Å². The Labute approximate surface area is 117 Å². The second-order valence-electron chi connectivity index (χ2n) is 4.23. The van der Waals surface area contributed by atoms with Crippen molar-refractivity contribution < 1.29 is 14.3 Å². The van der Waals surface area contributed by atoms with Crippen LogP contribution in [0.15, 0.2) is 60.7 Å². The van der Waals surface area contributed by atoms with E-state index in [0.717, 1.165) is 11.1 Å². The van der Waals surface area contributed by atoms with E-state index in [0.29, 0.717) is 6.29 Å². The molecule has 1 unspecified atom stereocenters. The summed E-state index contributed by atoms with van der Waals surface area (Å²) in [7, 11) is 0. The van der Waals surface area contributed by atoms with Crippen molar-refractivity contribution in [1.29, 1.82) is 0 Å². The van der Waals surface area contributed by atoms with Crippen molar-refractivity contribution in [1.82, 2.24) is 5.32 Å². The number of carbonyl (C=O) groups excluding carboxylic acids is 2. The first-order valence-corrected chi connectivity index (χ1v) is 6.27. The Morgan fingerprint density at radius 2 is 1.65 bits per heavy atom. The number of nitrogens with one attached hydrogen (secondary N) is 1. The van der Waals surface area contributed by atoms with Crippen LogP contribution < -0.4 is 5.32 Å². The highest BCUT2D eigenvalue weighted by atomic mass is 16.5. The van der Waals surface area contributed by atoms with Crippen molar-refractivity contribution in [2.75, 3.05) is 0 Å². The summed E-state index contributed by atoms with van der Waals surface area (Å²) in [5.74, 6) is 0. The fourth-order valence-electron chi connectivity index (χ4n) is 1.75. The van der Waals surface area contributed by atoms with Gasteiger partial charge in [0.15, 0.2) is 0 Å². The third-order valence-electron chi connectivity index (χ3n) is 2.78. The minimum atomic E-state index is -0.695. The molecule has 0 spiro atoms. The van der Waals surface area contributed by atoms with Gasteiger partial charge in [-0.05, 0) is 11.1 Å². The SMILES string of the molecule is O=CC(NC(=O)OCc1ccccc1)c1ccccc1. The van der Waals surface area contributed by atoms with Crippen molar-refractivity contribution in [3.8, 4) is 0 Å². The number of hydrogen-bond donors (Lipinski definition) is 1. The second-order valence-corrected chi connectivity index (χ2v) is 4.23. The van der Waals surface area contributed by atoms with Gasteiger partial charge in [0.25, 0.3) is 0 Å². The molecule has 2 rings (SSSR count). The number of amides is 1. The number of aldehydes is 1. The molecule has 0 radical (unpaired) electrons. The summed E-state index contributed by atoms with van der Waals surface area (Å²) >= 11 is 0. The number of hydrogen-bond acceptors (Lipinski definition) is 3. The van der Waals surface area contributed by atoms with Crippen molar-refractivity contribution in [3.63, 3.8) is 0 Å². The third-order valence-corrected chi connectivity index (χ3v) is 2.78. The molecule has 0 aliphatic heterocycles. The minimum Gasteiger partial charge on any atom is -0.445 e. The molecule has 1 amide bonds. The van der Waals surface area contributed by atoms with Gasteiger partial charge in [-0.2, -0.15) is 0 Å². The fraction of sp³-hybridized carbons (Fsp3) is 0.125. The highest BCUT2D eigenvalue weighted by Crippen LogP contribution is 2.10. The zero-order valence-electron chi connectivity index (χ0n) is 10.9. The highest BCUT2D eigenvalue weighted by Gasteiger charge is 2.13. The van der Waals surface area contributed by atoms with E-state index < -0.39 is 12.1 Å². The van der Waals surface area contributed by atoms with Crippen LogP contribution in [0.2, 0.25) is 0 Å².